The fourth-order valence-corrected chi connectivity index (χ4v) is 4.71. The predicted octanol–water partition coefficient (Wildman–Crippen LogP) is 8.60. The summed E-state index contributed by atoms with van der Waals surface area (Å²) in [6.45, 7) is 1.77. The number of para-hydroxylation sites is 1. The summed E-state index contributed by atoms with van der Waals surface area (Å²) in [6.07, 6.45) is -4.74. The van der Waals surface area contributed by atoms with E-state index in [1.54, 1.807) is 73.7 Å². The monoisotopic (exact) mass is 555 g/mol. The Kier molecular flexibility index (Phi) is 7.31. The summed E-state index contributed by atoms with van der Waals surface area (Å²) in [4.78, 5) is 0. The average Bonchev–Trinajstić information content (AvgIpc) is 2.87. The van der Waals surface area contributed by atoms with Crippen molar-refractivity contribution in [3.05, 3.63) is 88.4 Å². The maximum absolute atomic E-state index is 15.1. The number of benzene rings is 4. The van der Waals surface area contributed by atoms with Crippen molar-refractivity contribution in [1.82, 2.24) is 0 Å². The molecule has 4 aromatic rings. The third kappa shape index (κ3) is 4.67. The number of halogens is 4. The highest BCUT2D eigenvalue weighted by molar-refractivity contribution is 9.10. The topological polar surface area (TPSA) is 27.7 Å². The number of rotatable bonds is 6. The molecule has 0 heterocycles. The molecule has 1 radical (unpaired) electrons. The Labute approximate surface area is 216 Å². The van der Waals surface area contributed by atoms with Crippen LogP contribution in [-0.2, 0) is 6.18 Å². The van der Waals surface area contributed by atoms with Crippen LogP contribution in [0.2, 0.25) is 0 Å². The molecule has 0 amide bonds. The van der Waals surface area contributed by atoms with Crippen molar-refractivity contribution in [2.24, 2.45) is 0 Å². The number of ether oxygens (including phenoxy) is 3. The molecule has 0 aliphatic rings. The second kappa shape index (κ2) is 10.3. The van der Waals surface area contributed by atoms with E-state index in [0.29, 0.717) is 26.9 Å². The van der Waals surface area contributed by atoms with Crippen LogP contribution < -0.4 is 14.2 Å². The second-order valence-electron chi connectivity index (χ2n) is 8.02. The number of hydrogen-bond donors (Lipinski definition) is 0. The quantitative estimate of drug-likeness (QED) is 0.238. The highest BCUT2D eigenvalue weighted by atomic mass is 79.9. The molecule has 0 aromatic heterocycles. The van der Waals surface area contributed by atoms with Crippen LogP contribution in [0.15, 0.2) is 71.2 Å². The van der Waals surface area contributed by atoms with Crippen molar-refractivity contribution in [3.8, 4) is 50.6 Å². The maximum Gasteiger partial charge on any atom is 0.417 e. The molecule has 0 saturated carbocycles. The molecule has 0 atom stereocenters. The molecule has 4 aromatic carbocycles. The molecular formula is C29H23BrF3O3. The van der Waals surface area contributed by atoms with Gasteiger partial charge in [0.05, 0.1) is 26.9 Å². The molecule has 0 aliphatic carbocycles. The van der Waals surface area contributed by atoms with Gasteiger partial charge in [0.15, 0.2) is 0 Å². The summed E-state index contributed by atoms with van der Waals surface area (Å²) >= 11 is 3.42. The van der Waals surface area contributed by atoms with Gasteiger partial charge < -0.3 is 14.2 Å². The zero-order valence-corrected chi connectivity index (χ0v) is 21.7. The normalized spacial score (nSPS) is 11.3. The lowest BCUT2D eigenvalue weighted by Gasteiger charge is -2.25. The zero-order chi connectivity index (χ0) is 26.0. The van der Waals surface area contributed by atoms with Gasteiger partial charge in [0.2, 0.25) is 0 Å². The van der Waals surface area contributed by atoms with E-state index in [9.17, 15) is 0 Å². The summed E-state index contributed by atoms with van der Waals surface area (Å²) in [7, 11) is 4.32. The minimum Gasteiger partial charge on any atom is -0.496 e. The van der Waals surface area contributed by atoms with E-state index in [-0.39, 0.29) is 33.8 Å². The molecule has 4 rings (SSSR count). The van der Waals surface area contributed by atoms with E-state index in [1.165, 1.54) is 21.3 Å². The molecule has 36 heavy (non-hydrogen) atoms. The van der Waals surface area contributed by atoms with Crippen molar-refractivity contribution in [2.75, 3.05) is 21.3 Å². The largest absolute Gasteiger partial charge is 0.496 e. The first kappa shape index (κ1) is 25.6. The summed E-state index contributed by atoms with van der Waals surface area (Å²) < 4.78 is 62.7. The lowest BCUT2D eigenvalue weighted by atomic mass is 9.83. The molecule has 0 N–H and O–H groups in total. The van der Waals surface area contributed by atoms with Crippen LogP contribution in [0.5, 0.6) is 17.2 Å². The SMILES string of the molecule is COc1[c]c(-c2ccccc2C)c(C(F)(F)F)c(-c2cc(Br)ccc2OC)c1-c1ccccc1OC. The summed E-state index contributed by atoms with van der Waals surface area (Å²) in [5.74, 6) is 0.836. The first-order chi connectivity index (χ1) is 17.2. The van der Waals surface area contributed by atoms with Crippen LogP contribution in [0, 0.1) is 13.0 Å². The number of methoxy groups -OCH3 is 3. The standard InChI is InChI=1S/C29H23BrF3O3/c1-17-9-5-6-10-19(17)21-16-25(36-4)26(20-11-7-8-12-23(20)34-2)27(28(21)29(31,32)33)22-15-18(30)13-14-24(22)35-3/h5-15H,1-4H3. The molecule has 0 aliphatic heterocycles. The van der Waals surface area contributed by atoms with E-state index >= 15 is 13.2 Å². The molecule has 7 heteroatoms. The van der Waals surface area contributed by atoms with Gasteiger partial charge in [-0.3, -0.25) is 0 Å². The summed E-state index contributed by atoms with van der Waals surface area (Å²) in [5, 5.41) is 0. The van der Waals surface area contributed by atoms with Crippen molar-refractivity contribution < 1.29 is 27.4 Å². The van der Waals surface area contributed by atoms with Crippen molar-refractivity contribution in [2.45, 2.75) is 13.1 Å². The first-order valence-corrected chi connectivity index (χ1v) is 11.8. The van der Waals surface area contributed by atoms with Crippen LogP contribution in [0.4, 0.5) is 13.2 Å². The van der Waals surface area contributed by atoms with E-state index in [1.807, 2.05) is 0 Å². The van der Waals surface area contributed by atoms with Gasteiger partial charge in [0, 0.05) is 38.4 Å². The number of alkyl halides is 3. The van der Waals surface area contributed by atoms with Gasteiger partial charge in [-0.2, -0.15) is 13.2 Å². The number of hydrogen-bond acceptors (Lipinski definition) is 3. The summed E-state index contributed by atoms with van der Waals surface area (Å²) in [6, 6.07) is 21.7. The first-order valence-electron chi connectivity index (χ1n) is 11.0. The number of aryl methyl sites for hydroxylation is 1. The fraction of sp³-hybridized carbons (Fsp3) is 0.172. The summed E-state index contributed by atoms with van der Waals surface area (Å²) in [5.41, 5.74) is 0.954. The molecule has 0 fully saturated rings. The van der Waals surface area contributed by atoms with Gasteiger partial charge >= 0.3 is 6.18 Å². The molecule has 185 valence electrons. The Hall–Kier alpha value is -3.45. The lowest BCUT2D eigenvalue weighted by Crippen LogP contribution is -2.13. The molecular weight excluding hydrogens is 533 g/mol. The minimum atomic E-state index is -4.74. The molecule has 0 spiro atoms. The van der Waals surface area contributed by atoms with Crippen molar-refractivity contribution in [1.29, 1.82) is 0 Å². The van der Waals surface area contributed by atoms with Gasteiger partial charge in [-0.25, -0.2) is 0 Å². The van der Waals surface area contributed by atoms with E-state index < -0.39 is 11.7 Å². The smallest absolute Gasteiger partial charge is 0.417 e. The Bertz CT molecular complexity index is 1410. The van der Waals surface area contributed by atoms with Crippen LogP contribution in [0.3, 0.4) is 0 Å². The highest BCUT2D eigenvalue weighted by Gasteiger charge is 2.41. The van der Waals surface area contributed by atoms with Gasteiger partial charge in [0.25, 0.3) is 0 Å². The van der Waals surface area contributed by atoms with E-state index in [2.05, 4.69) is 22.0 Å². The fourth-order valence-electron chi connectivity index (χ4n) is 4.35. The van der Waals surface area contributed by atoms with Crippen LogP contribution >= 0.6 is 15.9 Å². The lowest BCUT2D eigenvalue weighted by molar-refractivity contribution is -0.136. The predicted molar refractivity (Wildman–Crippen MR) is 139 cm³/mol. The molecule has 0 unspecified atom stereocenters. The Morgan fingerprint density at radius 3 is 1.94 bits per heavy atom. The average molecular weight is 556 g/mol. The van der Waals surface area contributed by atoms with E-state index in [0.717, 1.165) is 0 Å². The third-order valence-corrected chi connectivity index (χ3v) is 6.42. The maximum atomic E-state index is 15.1. The van der Waals surface area contributed by atoms with E-state index in [4.69, 9.17) is 14.2 Å². The van der Waals surface area contributed by atoms with Crippen LogP contribution in [-0.4, -0.2) is 21.3 Å². The Morgan fingerprint density at radius 1 is 0.722 bits per heavy atom. The molecule has 0 saturated heterocycles. The van der Waals surface area contributed by atoms with Crippen molar-refractivity contribution >= 4 is 15.9 Å². The Morgan fingerprint density at radius 2 is 1.33 bits per heavy atom. The van der Waals surface area contributed by atoms with Crippen molar-refractivity contribution in [3.63, 3.8) is 0 Å². The minimum absolute atomic E-state index is 0.0843. The second-order valence-corrected chi connectivity index (χ2v) is 8.93. The van der Waals surface area contributed by atoms with Gasteiger partial charge in [-0.15, -0.1) is 0 Å². The van der Waals surface area contributed by atoms with Gasteiger partial charge in [-0.1, -0.05) is 58.4 Å². The van der Waals surface area contributed by atoms with Crippen LogP contribution in [0.1, 0.15) is 11.1 Å². The highest BCUT2D eigenvalue weighted by Crippen LogP contribution is 2.54. The zero-order valence-electron chi connectivity index (χ0n) is 20.1. The Balaban J connectivity index is 2.31. The third-order valence-electron chi connectivity index (χ3n) is 5.92. The molecule has 3 nitrogen and oxygen atoms in total. The van der Waals surface area contributed by atoms with Gasteiger partial charge in [0.1, 0.15) is 17.2 Å². The molecule has 0 bridgehead atoms. The van der Waals surface area contributed by atoms with Gasteiger partial charge in [-0.05, 0) is 42.3 Å². The van der Waals surface area contributed by atoms with Crippen LogP contribution in [0.25, 0.3) is 33.4 Å².